The van der Waals surface area contributed by atoms with Gasteiger partial charge in [-0.2, -0.15) is 0 Å². The van der Waals surface area contributed by atoms with E-state index in [0.29, 0.717) is 6.54 Å². The van der Waals surface area contributed by atoms with Crippen LogP contribution in [0.1, 0.15) is 45.1 Å². The minimum absolute atomic E-state index is 0.0319. The average Bonchev–Trinajstić information content (AvgIpc) is 2.92. The SMILES string of the molecule is CC(c1ccccc1)n1ccnc1CNC(=O)C(C)(C)C. The quantitative estimate of drug-likeness (QED) is 0.938. The van der Waals surface area contributed by atoms with Gasteiger partial charge in [-0.25, -0.2) is 4.98 Å². The highest BCUT2D eigenvalue weighted by molar-refractivity contribution is 5.81. The summed E-state index contributed by atoms with van der Waals surface area (Å²) in [5, 5.41) is 2.95. The molecule has 0 saturated carbocycles. The number of carbonyl (C=O) groups is 1. The van der Waals surface area contributed by atoms with Gasteiger partial charge in [-0.3, -0.25) is 4.79 Å². The predicted molar refractivity (Wildman–Crippen MR) is 83.8 cm³/mol. The Morgan fingerprint density at radius 1 is 1.29 bits per heavy atom. The van der Waals surface area contributed by atoms with Crippen LogP contribution < -0.4 is 5.32 Å². The molecule has 1 atom stereocenters. The van der Waals surface area contributed by atoms with E-state index < -0.39 is 0 Å². The molecule has 4 nitrogen and oxygen atoms in total. The maximum absolute atomic E-state index is 12.0. The van der Waals surface area contributed by atoms with E-state index in [1.165, 1.54) is 5.56 Å². The van der Waals surface area contributed by atoms with E-state index in [1.807, 2.05) is 45.2 Å². The molecule has 1 aromatic heterocycles. The number of hydrogen-bond donors (Lipinski definition) is 1. The summed E-state index contributed by atoms with van der Waals surface area (Å²) in [6, 6.07) is 10.5. The van der Waals surface area contributed by atoms with Gasteiger partial charge in [0.2, 0.25) is 5.91 Å². The normalized spacial score (nSPS) is 13.0. The Hall–Kier alpha value is -2.10. The molecule has 0 spiro atoms. The number of amides is 1. The molecule has 21 heavy (non-hydrogen) atoms. The van der Waals surface area contributed by atoms with Crippen molar-refractivity contribution in [2.24, 2.45) is 5.41 Å². The molecule has 2 rings (SSSR count). The molecule has 0 aliphatic rings. The van der Waals surface area contributed by atoms with E-state index in [9.17, 15) is 4.79 Å². The van der Waals surface area contributed by atoms with E-state index in [1.54, 1.807) is 6.20 Å². The zero-order valence-corrected chi connectivity index (χ0v) is 13.1. The zero-order valence-electron chi connectivity index (χ0n) is 13.1. The summed E-state index contributed by atoms with van der Waals surface area (Å²) in [7, 11) is 0. The molecule has 1 amide bonds. The Balaban J connectivity index is 2.11. The van der Waals surface area contributed by atoms with Crippen molar-refractivity contribution in [1.29, 1.82) is 0 Å². The fourth-order valence-corrected chi connectivity index (χ4v) is 2.15. The molecule has 1 unspecified atom stereocenters. The predicted octanol–water partition coefficient (Wildman–Crippen LogP) is 3.15. The third kappa shape index (κ3) is 3.72. The van der Waals surface area contributed by atoms with Crippen molar-refractivity contribution in [3.63, 3.8) is 0 Å². The topological polar surface area (TPSA) is 46.9 Å². The number of nitrogens with one attached hydrogen (secondary N) is 1. The smallest absolute Gasteiger partial charge is 0.225 e. The molecule has 0 aliphatic heterocycles. The number of hydrogen-bond acceptors (Lipinski definition) is 2. The van der Waals surface area contributed by atoms with Crippen LogP contribution in [-0.2, 0) is 11.3 Å². The molecule has 1 heterocycles. The summed E-state index contributed by atoms with van der Waals surface area (Å²) in [5.41, 5.74) is 0.835. The van der Waals surface area contributed by atoms with Crippen molar-refractivity contribution < 1.29 is 4.79 Å². The van der Waals surface area contributed by atoms with E-state index in [0.717, 1.165) is 5.82 Å². The van der Waals surface area contributed by atoms with Crippen LogP contribution in [0.15, 0.2) is 42.7 Å². The van der Waals surface area contributed by atoms with Crippen molar-refractivity contribution >= 4 is 5.91 Å². The van der Waals surface area contributed by atoms with Gasteiger partial charge < -0.3 is 9.88 Å². The lowest BCUT2D eigenvalue weighted by atomic mass is 9.96. The Bertz CT molecular complexity index is 596. The minimum atomic E-state index is -0.386. The van der Waals surface area contributed by atoms with Gasteiger partial charge in [-0.15, -0.1) is 0 Å². The van der Waals surface area contributed by atoms with E-state index in [2.05, 4.69) is 33.9 Å². The third-order valence-corrected chi connectivity index (χ3v) is 3.54. The van der Waals surface area contributed by atoms with E-state index in [4.69, 9.17) is 0 Å². The summed E-state index contributed by atoms with van der Waals surface area (Å²) >= 11 is 0. The minimum Gasteiger partial charge on any atom is -0.348 e. The molecule has 4 heteroatoms. The van der Waals surface area contributed by atoms with Gasteiger partial charge in [-0.05, 0) is 12.5 Å². The van der Waals surface area contributed by atoms with Crippen LogP contribution in [0.2, 0.25) is 0 Å². The summed E-state index contributed by atoms with van der Waals surface area (Å²) < 4.78 is 2.10. The fourth-order valence-electron chi connectivity index (χ4n) is 2.15. The highest BCUT2D eigenvalue weighted by Gasteiger charge is 2.21. The van der Waals surface area contributed by atoms with Gasteiger partial charge in [0.25, 0.3) is 0 Å². The van der Waals surface area contributed by atoms with Crippen LogP contribution in [-0.4, -0.2) is 15.5 Å². The van der Waals surface area contributed by atoms with Gasteiger partial charge in [0.15, 0.2) is 0 Å². The van der Waals surface area contributed by atoms with Crippen molar-refractivity contribution in [2.75, 3.05) is 0 Å². The summed E-state index contributed by atoms with van der Waals surface area (Å²) in [5.74, 6) is 0.897. The molecule has 0 fully saturated rings. The maximum Gasteiger partial charge on any atom is 0.225 e. The number of carbonyl (C=O) groups excluding carboxylic acids is 1. The molecule has 0 bridgehead atoms. The Morgan fingerprint density at radius 2 is 1.95 bits per heavy atom. The van der Waals surface area contributed by atoms with Crippen molar-refractivity contribution in [3.05, 3.63) is 54.1 Å². The van der Waals surface area contributed by atoms with Crippen molar-refractivity contribution in [3.8, 4) is 0 Å². The van der Waals surface area contributed by atoms with Crippen LogP contribution in [0.4, 0.5) is 0 Å². The van der Waals surface area contributed by atoms with Gasteiger partial charge in [0.1, 0.15) is 5.82 Å². The number of aromatic nitrogens is 2. The van der Waals surface area contributed by atoms with Crippen molar-refractivity contribution in [2.45, 2.75) is 40.3 Å². The molecular weight excluding hydrogens is 262 g/mol. The highest BCUT2D eigenvalue weighted by Crippen LogP contribution is 2.19. The molecule has 0 saturated heterocycles. The molecular formula is C17H23N3O. The monoisotopic (exact) mass is 285 g/mol. The number of imidazole rings is 1. The first-order valence-corrected chi connectivity index (χ1v) is 7.24. The highest BCUT2D eigenvalue weighted by atomic mass is 16.2. The standard InChI is InChI=1S/C17H23N3O/c1-13(14-8-6-5-7-9-14)20-11-10-18-15(20)12-19-16(21)17(2,3)4/h5-11,13H,12H2,1-4H3,(H,19,21). The Labute approximate surface area is 126 Å². The molecule has 1 N–H and O–H groups in total. The largest absolute Gasteiger partial charge is 0.348 e. The van der Waals surface area contributed by atoms with Crippen molar-refractivity contribution in [1.82, 2.24) is 14.9 Å². The van der Waals surface area contributed by atoms with Gasteiger partial charge >= 0.3 is 0 Å². The van der Waals surface area contributed by atoms with Crippen LogP contribution in [0, 0.1) is 5.41 Å². The second kappa shape index (κ2) is 6.12. The van der Waals surface area contributed by atoms with Crippen LogP contribution in [0.5, 0.6) is 0 Å². The molecule has 112 valence electrons. The van der Waals surface area contributed by atoms with Crippen LogP contribution >= 0.6 is 0 Å². The van der Waals surface area contributed by atoms with Gasteiger partial charge in [0.05, 0.1) is 12.6 Å². The summed E-state index contributed by atoms with van der Waals surface area (Å²) in [6.07, 6.45) is 3.73. The molecule has 2 aromatic rings. The van der Waals surface area contributed by atoms with Gasteiger partial charge in [-0.1, -0.05) is 51.1 Å². The maximum atomic E-state index is 12.0. The first kappa shape index (κ1) is 15.3. The molecule has 0 radical (unpaired) electrons. The summed E-state index contributed by atoms with van der Waals surface area (Å²) in [4.78, 5) is 16.3. The van der Waals surface area contributed by atoms with E-state index >= 15 is 0 Å². The lowest BCUT2D eigenvalue weighted by Crippen LogP contribution is -2.35. The number of nitrogens with zero attached hydrogens (tertiary/aromatic N) is 2. The van der Waals surface area contributed by atoms with Crippen LogP contribution in [0.3, 0.4) is 0 Å². The second-order valence-corrected chi connectivity index (χ2v) is 6.27. The average molecular weight is 285 g/mol. The number of rotatable bonds is 4. The zero-order chi connectivity index (χ0) is 15.5. The fraction of sp³-hybridized carbons (Fsp3) is 0.412. The molecule has 1 aromatic carbocycles. The third-order valence-electron chi connectivity index (χ3n) is 3.54. The lowest BCUT2D eigenvalue weighted by molar-refractivity contribution is -0.128. The van der Waals surface area contributed by atoms with Crippen LogP contribution in [0.25, 0.3) is 0 Å². The van der Waals surface area contributed by atoms with Gasteiger partial charge in [0, 0.05) is 17.8 Å². The Kier molecular flexibility index (Phi) is 4.46. The first-order chi connectivity index (χ1) is 9.89. The summed E-state index contributed by atoms with van der Waals surface area (Å²) in [6.45, 7) is 8.29. The molecule has 0 aliphatic carbocycles. The lowest BCUT2D eigenvalue weighted by Gasteiger charge is -2.20. The number of benzene rings is 1. The first-order valence-electron chi connectivity index (χ1n) is 7.24. The second-order valence-electron chi connectivity index (χ2n) is 6.27. The Morgan fingerprint density at radius 3 is 2.57 bits per heavy atom. The van der Waals surface area contributed by atoms with E-state index in [-0.39, 0.29) is 17.4 Å².